The van der Waals surface area contributed by atoms with Gasteiger partial charge in [-0.25, -0.2) is 4.98 Å². The average Bonchev–Trinajstić information content (AvgIpc) is 2.63. The molecule has 1 heterocycles. The minimum Gasteiger partial charge on any atom is -0.497 e. The summed E-state index contributed by atoms with van der Waals surface area (Å²) in [6.45, 7) is 1.90. The molecule has 0 atom stereocenters. The highest BCUT2D eigenvalue weighted by Gasteiger charge is 2.08. The van der Waals surface area contributed by atoms with Gasteiger partial charge in [-0.05, 0) is 61.0 Å². The second-order valence-electron chi connectivity index (χ2n) is 5.54. The first-order valence-corrected chi connectivity index (χ1v) is 8.37. The zero-order valence-electron chi connectivity index (χ0n) is 13.7. The zero-order chi connectivity index (χ0) is 18.0. The highest BCUT2D eigenvalue weighted by atomic mass is 35.5. The van der Waals surface area contributed by atoms with Gasteiger partial charge in [-0.3, -0.25) is 4.79 Å². The van der Waals surface area contributed by atoms with Crippen LogP contribution in [0.1, 0.15) is 21.5 Å². The van der Waals surface area contributed by atoms with E-state index in [9.17, 15) is 4.79 Å². The predicted octanol–water partition coefficient (Wildman–Crippen LogP) is 5.75. The standard InChI is InChI=1S/C20H15Cl2NO2/c1-12-17(21)9-5-14-11-15(20(22)23-19(12)14)6-10-18(24)13-3-7-16(25-2)8-4-13/h3-11H,1-2H3/b10-6+. The quantitative estimate of drug-likeness (QED) is 0.332. The van der Waals surface area contributed by atoms with E-state index in [0.717, 1.165) is 16.5 Å². The van der Waals surface area contributed by atoms with Crippen molar-refractivity contribution in [2.75, 3.05) is 7.11 Å². The van der Waals surface area contributed by atoms with Crippen LogP contribution in [-0.4, -0.2) is 17.9 Å². The van der Waals surface area contributed by atoms with Crippen molar-refractivity contribution in [3.8, 4) is 5.75 Å². The first-order chi connectivity index (χ1) is 12.0. The number of fused-ring (bicyclic) bond motifs is 1. The van der Waals surface area contributed by atoms with Crippen LogP contribution in [-0.2, 0) is 0 Å². The predicted molar refractivity (Wildman–Crippen MR) is 103 cm³/mol. The Morgan fingerprint density at radius 1 is 1.12 bits per heavy atom. The topological polar surface area (TPSA) is 39.2 Å². The van der Waals surface area contributed by atoms with Crippen molar-refractivity contribution in [3.63, 3.8) is 0 Å². The third kappa shape index (κ3) is 3.68. The minimum atomic E-state index is -0.119. The highest BCUT2D eigenvalue weighted by molar-refractivity contribution is 6.33. The van der Waals surface area contributed by atoms with Gasteiger partial charge in [0.05, 0.1) is 12.6 Å². The molecule has 3 nitrogen and oxygen atoms in total. The van der Waals surface area contributed by atoms with E-state index in [4.69, 9.17) is 27.9 Å². The zero-order valence-corrected chi connectivity index (χ0v) is 15.2. The summed E-state index contributed by atoms with van der Waals surface area (Å²) in [6.07, 6.45) is 3.16. The Morgan fingerprint density at radius 2 is 1.84 bits per heavy atom. The van der Waals surface area contributed by atoms with Gasteiger partial charge < -0.3 is 4.74 Å². The van der Waals surface area contributed by atoms with Crippen LogP contribution in [0.5, 0.6) is 5.75 Å². The van der Waals surface area contributed by atoms with Crippen LogP contribution >= 0.6 is 23.2 Å². The second kappa shape index (κ2) is 7.26. The number of benzene rings is 2. The summed E-state index contributed by atoms with van der Waals surface area (Å²) >= 11 is 12.4. The summed E-state index contributed by atoms with van der Waals surface area (Å²) < 4.78 is 5.09. The van der Waals surface area contributed by atoms with Crippen molar-refractivity contribution in [1.29, 1.82) is 0 Å². The van der Waals surface area contributed by atoms with Crippen molar-refractivity contribution in [3.05, 3.63) is 75.4 Å². The maximum Gasteiger partial charge on any atom is 0.185 e. The number of ketones is 1. The maximum absolute atomic E-state index is 12.3. The van der Waals surface area contributed by atoms with E-state index in [-0.39, 0.29) is 5.78 Å². The number of rotatable bonds is 4. The monoisotopic (exact) mass is 371 g/mol. The lowest BCUT2D eigenvalue weighted by Gasteiger charge is -2.06. The molecule has 0 aliphatic heterocycles. The molecule has 2 aromatic carbocycles. The summed E-state index contributed by atoms with van der Waals surface area (Å²) in [5.41, 5.74) is 2.89. The summed E-state index contributed by atoms with van der Waals surface area (Å²) in [7, 11) is 1.58. The third-order valence-corrected chi connectivity index (χ3v) is 4.66. The minimum absolute atomic E-state index is 0.119. The van der Waals surface area contributed by atoms with E-state index in [0.29, 0.717) is 27.1 Å². The Kier molecular flexibility index (Phi) is 5.07. The number of carbonyl (C=O) groups is 1. The molecule has 0 aliphatic carbocycles. The molecule has 1 aromatic heterocycles. The molecule has 0 spiro atoms. The van der Waals surface area contributed by atoms with Crippen molar-refractivity contribution in [2.24, 2.45) is 0 Å². The Morgan fingerprint density at radius 3 is 2.52 bits per heavy atom. The highest BCUT2D eigenvalue weighted by Crippen LogP contribution is 2.28. The lowest BCUT2D eigenvalue weighted by atomic mass is 10.1. The largest absolute Gasteiger partial charge is 0.497 e. The van der Waals surface area contributed by atoms with Crippen LogP contribution in [0.4, 0.5) is 0 Å². The van der Waals surface area contributed by atoms with Crippen molar-refractivity contribution < 1.29 is 9.53 Å². The molecule has 0 bridgehead atoms. The fourth-order valence-electron chi connectivity index (χ4n) is 2.49. The number of hydrogen-bond acceptors (Lipinski definition) is 3. The molecule has 0 saturated carbocycles. The van der Waals surface area contributed by atoms with E-state index >= 15 is 0 Å². The number of hydrogen-bond donors (Lipinski definition) is 0. The number of nitrogens with zero attached hydrogens (tertiary/aromatic N) is 1. The van der Waals surface area contributed by atoms with Gasteiger partial charge in [0.1, 0.15) is 10.9 Å². The van der Waals surface area contributed by atoms with E-state index < -0.39 is 0 Å². The Balaban J connectivity index is 1.91. The van der Waals surface area contributed by atoms with Gasteiger partial charge in [-0.2, -0.15) is 0 Å². The van der Waals surface area contributed by atoms with Crippen LogP contribution < -0.4 is 4.74 Å². The molecule has 25 heavy (non-hydrogen) atoms. The van der Waals surface area contributed by atoms with Crippen molar-refractivity contribution >= 4 is 46.0 Å². The number of ether oxygens (including phenoxy) is 1. The SMILES string of the molecule is COc1ccc(C(=O)/C=C/c2cc3ccc(Cl)c(C)c3nc2Cl)cc1. The Hall–Kier alpha value is -2.36. The molecule has 0 amide bonds. The molecular formula is C20H15Cl2NO2. The second-order valence-corrected chi connectivity index (χ2v) is 6.30. The molecule has 0 unspecified atom stereocenters. The molecule has 0 aliphatic rings. The van der Waals surface area contributed by atoms with Gasteiger partial charge in [0.25, 0.3) is 0 Å². The number of aryl methyl sites for hydroxylation is 1. The van der Waals surface area contributed by atoms with Gasteiger partial charge in [0.2, 0.25) is 0 Å². The lowest BCUT2D eigenvalue weighted by molar-refractivity contribution is 0.104. The summed E-state index contributed by atoms with van der Waals surface area (Å²) in [5.74, 6) is 0.586. The van der Waals surface area contributed by atoms with Crippen LogP contribution in [0.3, 0.4) is 0 Å². The smallest absolute Gasteiger partial charge is 0.185 e. The molecule has 0 saturated heterocycles. The molecule has 0 N–H and O–H groups in total. The van der Waals surface area contributed by atoms with Crippen LogP contribution in [0.15, 0.2) is 48.5 Å². The normalized spacial score (nSPS) is 11.2. The van der Waals surface area contributed by atoms with E-state index in [1.54, 1.807) is 37.5 Å². The van der Waals surface area contributed by atoms with Crippen LogP contribution in [0.25, 0.3) is 17.0 Å². The summed E-state index contributed by atoms with van der Waals surface area (Å²) in [6, 6.07) is 12.5. The Labute approximate surface area is 155 Å². The molecule has 3 rings (SSSR count). The van der Waals surface area contributed by atoms with Gasteiger partial charge in [0.15, 0.2) is 5.78 Å². The fraction of sp³-hybridized carbons (Fsp3) is 0.100. The van der Waals surface area contributed by atoms with Crippen molar-refractivity contribution in [2.45, 2.75) is 6.92 Å². The van der Waals surface area contributed by atoms with E-state index in [1.165, 1.54) is 6.08 Å². The van der Waals surface area contributed by atoms with E-state index in [2.05, 4.69) is 4.98 Å². The number of carbonyl (C=O) groups excluding carboxylic acids is 1. The molecule has 126 valence electrons. The van der Waals surface area contributed by atoms with Gasteiger partial charge in [-0.1, -0.05) is 29.3 Å². The number of halogens is 2. The first kappa shape index (κ1) is 17.5. The molecule has 0 fully saturated rings. The summed E-state index contributed by atoms with van der Waals surface area (Å²) in [5, 5.41) is 1.90. The Bertz CT molecular complexity index is 979. The molecule has 0 radical (unpaired) electrons. The lowest BCUT2D eigenvalue weighted by Crippen LogP contribution is -1.94. The number of allylic oxidation sites excluding steroid dienone is 1. The average molecular weight is 372 g/mol. The van der Waals surface area contributed by atoms with Crippen LogP contribution in [0.2, 0.25) is 10.2 Å². The molecule has 3 aromatic rings. The van der Waals surface area contributed by atoms with Crippen molar-refractivity contribution in [1.82, 2.24) is 4.98 Å². The van der Waals surface area contributed by atoms with Gasteiger partial charge in [-0.15, -0.1) is 0 Å². The first-order valence-electron chi connectivity index (χ1n) is 7.61. The molecule has 5 heteroatoms. The number of aromatic nitrogens is 1. The summed E-state index contributed by atoms with van der Waals surface area (Å²) in [4.78, 5) is 16.7. The van der Waals surface area contributed by atoms with Crippen LogP contribution in [0, 0.1) is 6.92 Å². The van der Waals surface area contributed by atoms with E-state index in [1.807, 2.05) is 25.1 Å². The fourth-order valence-corrected chi connectivity index (χ4v) is 2.84. The maximum atomic E-state index is 12.3. The molecular weight excluding hydrogens is 357 g/mol. The third-order valence-electron chi connectivity index (χ3n) is 3.94. The van der Waals surface area contributed by atoms with Gasteiger partial charge in [0, 0.05) is 21.5 Å². The number of methoxy groups -OCH3 is 1. The number of pyridine rings is 1. The van der Waals surface area contributed by atoms with Gasteiger partial charge >= 0.3 is 0 Å².